The molecule has 18 heavy (non-hydrogen) atoms. The molecule has 0 radical (unpaired) electrons. The van der Waals surface area contributed by atoms with Gasteiger partial charge >= 0.3 is 0 Å². The molecular weight excluding hydrogens is 224 g/mol. The lowest BCUT2D eigenvalue weighted by molar-refractivity contribution is 0.110. The Morgan fingerprint density at radius 1 is 1.28 bits per heavy atom. The van der Waals surface area contributed by atoms with Crippen molar-refractivity contribution in [3.05, 3.63) is 29.8 Å². The Kier molecular flexibility index (Phi) is 4.61. The minimum atomic E-state index is -0.162. The maximum Gasteiger partial charge on any atom is 0.0541 e. The molecule has 100 valence electrons. The van der Waals surface area contributed by atoms with Gasteiger partial charge in [0.1, 0.15) is 0 Å². The standard InChI is InChI=1S/C15H24N2O/c1-12(18)14-7-9-17(10-8-14)15-5-3-13(4-6-15)11-16-2/h3-6,12,14,16,18H,7-11H2,1-2H3. The van der Waals surface area contributed by atoms with E-state index < -0.39 is 0 Å². The summed E-state index contributed by atoms with van der Waals surface area (Å²) in [4.78, 5) is 2.42. The third-order valence-corrected chi connectivity index (χ3v) is 3.90. The van der Waals surface area contributed by atoms with Gasteiger partial charge in [0.15, 0.2) is 0 Å². The fourth-order valence-electron chi connectivity index (χ4n) is 2.67. The Morgan fingerprint density at radius 3 is 2.39 bits per heavy atom. The van der Waals surface area contributed by atoms with Gasteiger partial charge in [-0.05, 0) is 50.4 Å². The first kappa shape index (κ1) is 13.4. The van der Waals surface area contributed by atoms with Crippen molar-refractivity contribution in [2.45, 2.75) is 32.4 Å². The average molecular weight is 248 g/mol. The number of benzene rings is 1. The molecule has 0 spiro atoms. The van der Waals surface area contributed by atoms with Crippen LogP contribution in [0.15, 0.2) is 24.3 Å². The highest BCUT2D eigenvalue weighted by atomic mass is 16.3. The number of hydrogen-bond acceptors (Lipinski definition) is 3. The van der Waals surface area contributed by atoms with Crippen LogP contribution in [0, 0.1) is 5.92 Å². The van der Waals surface area contributed by atoms with Gasteiger partial charge in [-0.15, -0.1) is 0 Å². The molecule has 1 aliphatic rings. The van der Waals surface area contributed by atoms with Gasteiger partial charge in [-0.2, -0.15) is 0 Å². The summed E-state index contributed by atoms with van der Waals surface area (Å²) in [6.45, 7) is 4.94. The van der Waals surface area contributed by atoms with Crippen LogP contribution in [0.3, 0.4) is 0 Å². The molecule has 1 aliphatic heterocycles. The molecule has 0 aromatic heterocycles. The lowest BCUT2D eigenvalue weighted by Crippen LogP contribution is -2.37. The van der Waals surface area contributed by atoms with Crippen molar-refractivity contribution in [3.8, 4) is 0 Å². The van der Waals surface area contributed by atoms with Gasteiger partial charge in [-0.25, -0.2) is 0 Å². The van der Waals surface area contributed by atoms with Crippen LogP contribution in [0.25, 0.3) is 0 Å². The second-order valence-electron chi connectivity index (χ2n) is 5.26. The molecule has 1 fully saturated rings. The molecule has 1 aromatic rings. The molecule has 1 aromatic carbocycles. The minimum absolute atomic E-state index is 0.162. The predicted molar refractivity (Wildman–Crippen MR) is 75.8 cm³/mol. The fourth-order valence-corrected chi connectivity index (χ4v) is 2.67. The van der Waals surface area contributed by atoms with E-state index in [1.165, 1.54) is 11.3 Å². The van der Waals surface area contributed by atoms with E-state index in [0.29, 0.717) is 5.92 Å². The number of aliphatic hydroxyl groups excluding tert-OH is 1. The monoisotopic (exact) mass is 248 g/mol. The molecular formula is C15H24N2O. The Hall–Kier alpha value is -1.06. The summed E-state index contributed by atoms with van der Waals surface area (Å²) in [7, 11) is 1.97. The molecule has 1 heterocycles. The van der Waals surface area contributed by atoms with Gasteiger partial charge in [0, 0.05) is 25.3 Å². The van der Waals surface area contributed by atoms with Crippen LogP contribution in [-0.4, -0.2) is 31.3 Å². The van der Waals surface area contributed by atoms with Crippen LogP contribution < -0.4 is 10.2 Å². The van der Waals surface area contributed by atoms with E-state index in [1.807, 2.05) is 14.0 Å². The Balaban J connectivity index is 1.93. The number of hydrogen-bond donors (Lipinski definition) is 2. The summed E-state index contributed by atoms with van der Waals surface area (Å²) in [5.41, 5.74) is 2.62. The lowest BCUT2D eigenvalue weighted by Gasteiger charge is -2.34. The number of nitrogens with one attached hydrogen (secondary N) is 1. The maximum atomic E-state index is 9.60. The fraction of sp³-hybridized carbons (Fsp3) is 0.600. The molecule has 0 amide bonds. The first-order valence-electron chi connectivity index (χ1n) is 6.87. The zero-order chi connectivity index (χ0) is 13.0. The first-order chi connectivity index (χ1) is 8.70. The van der Waals surface area contributed by atoms with Crippen molar-refractivity contribution < 1.29 is 5.11 Å². The van der Waals surface area contributed by atoms with E-state index in [-0.39, 0.29) is 6.10 Å². The number of aliphatic hydroxyl groups is 1. The lowest BCUT2D eigenvalue weighted by atomic mass is 9.92. The molecule has 0 aliphatic carbocycles. The molecule has 2 rings (SSSR count). The number of rotatable bonds is 4. The van der Waals surface area contributed by atoms with Gasteiger partial charge in [-0.3, -0.25) is 0 Å². The molecule has 1 unspecified atom stereocenters. The predicted octanol–water partition coefficient (Wildman–Crippen LogP) is 2.00. The topological polar surface area (TPSA) is 35.5 Å². The second-order valence-corrected chi connectivity index (χ2v) is 5.26. The SMILES string of the molecule is CNCc1ccc(N2CCC(C(C)O)CC2)cc1. The average Bonchev–Trinajstić information content (AvgIpc) is 2.40. The first-order valence-corrected chi connectivity index (χ1v) is 6.87. The van der Waals surface area contributed by atoms with Crippen molar-refractivity contribution in [3.63, 3.8) is 0 Å². The van der Waals surface area contributed by atoms with E-state index in [1.54, 1.807) is 0 Å². The van der Waals surface area contributed by atoms with E-state index >= 15 is 0 Å². The van der Waals surface area contributed by atoms with E-state index in [4.69, 9.17) is 0 Å². The summed E-state index contributed by atoms with van der Waals surface area (Å²) in [5.74, 6) is 0.477. The minimum Gasteiger partial charge on any atom is -0.393 e. The highest BCUT2D eigenvalue weighted by molar-refractivity contribution is 5.48. The van der Waals surface area contributed by atoms with E-state index in [0.717, 1.165) is 32.5 Å². The summed E-state index contributed by atoms with van der Waals surface area (Å²) >= 11 is 0. The number of nitrogens with zero attached hydrogens (tertiary/aromatic N) is 1. The van der Waals surface area contributed by atoms with Crippen LogP contribution in [0.1, 0.15) is 25.3 Å². The highest BCUT2D eigenvalue weighted by Crippen LogP contribution is 2.25. The summed E-state index contributed by atoms with van der Waals surface area (Å²) in [6, 6.07) is 8.78. The maximum absolute atomic E-state index is 9.60. The Labute approximate surface area is 110 Å². The van der Waals surface area contributed by atoms with Crippen molar-refractivity contribution in [1.82, 2.24) is 5.32 Å². The number of piperidine rings is 1. The second kappa shape index (κ2) is 6.21. The van der Waals surface area contributed by atoms with Crippen molar-refractivity contribution in [2.75, 3.05) is 25.0 Å². The largest absolute Gasteiger partial charge is 0.393 e. The van der Waals surface area contributed by atoms with Gasteiger partial charge in [0.05, 0.1) is 6.10 Å². The van der Waals surface area contributed by atoms with Crippen LogP contribution in [0.2, 0.25) is 0 Å². The number of anilines is 1. The molecule has 3 heteroatoms. The van der Waals surface area contributed by atoms with Crippen molar-refractivity contribution in [1.29, 1.82) is 0 Å². The summed E-state index contributed by atoms with van der Waals surface area (Å²) in [5, 5.41) is 12.8. The molecule has 3 nitrogen and oxygen atoms in total. The van der Waals surface area contributed by atoms with Gasteiger partial charge < -0.3 is 15.3 Å². The van der Waals surface area contributed by atoms with Crippen molar-refractivity contribution in [2.24, 2.45) is 5.92 Å². The molecule has 0 saturated carbocycles. The van der Waals surface area contributed by atoms with Gasteiger partial charge in [-0.1, -0.05) is 12.1 Å². The Morgan fingerprint density at radius 2 is 1.89 bits per heavy atom. The normalized spacial score (nSPS) is 18.9. The zero-order valence-corrected chi connectivity index (χ0v) is 11.4. The van der Waals surface area contributed by atoms with Crippen molar-refractivity contribution >= 4 is 5.69 Å². The van der Waals surface area contributed by atoms with Crippen LogP contribution in [0.5, 0.6) is 0 Å². The molecule has 1 atom stereocenters. The third kappa shape index (κ3) is 3.24. The summed E-state index contributed by atoms with van der Waals surface area (Å²) in [6.07, 6.45) is 2.02. The van der Waals surface area contributed by atoms with Gasteiger partial charge in [0.2, 0.25) is 0 Å². The highest BCUT2D eigenvalue weighted by Gasteiger charge is 2.22. The van der Waals surface area contributed by atoms with Crippen LogP contribution >= 0.6 is 0 Å². The molecule has 0 bridgehead atoms. The molecule has 2 N–H and O–H groups in total. The third-order valence-electron chi connectivity index (χ3n) is 3.90. The van der Waals surface area contributed by atoms with E-state index in [9.17, 15) is 5.11 Å². The van der Waals surface area contributed by atoms with Crippen LogP contribution in [0.4, 0.5) is 5.69 Å². The molecule has 1 saturated heterocycles. The smallest absolute Gasteiger partial charge is 0.0541 e. The van der Waals surface area contributed by atoms with Crippen LogP contribution in [-0.2, 0) is 6.54 Å². The Bertz CT molecular complexity index is 353. The summed E-state index contributed by atoms with van der Waals surface area (Å²) < 4.78 is 0. The zero-order valence-electron chi connectivity index (χ0n) is 11.4. The van der Waals surface area contributed by atoms with Gasteiger partial charge in [0.25, 0.3) is 0 Å². The van der Waals surface area contributed by atoms with E-state index in [2.05, 4.69) is 34.5 Å². The quantitative estimate of drug-likeness (QED) is 0.855.